The average Bonchev–Trinajstić information content (AvgIpc) is 3.42. The number of piperidine rings is 1. The van der Waals surface area contributed by atoms with Gasteiger partial charge in [0.1, 0.15) is 11.6 Å². The molecule has 1 N–H and O–H groups in total. The first-order chi connectivity index (χ1) is 14.2. The van der Waals surface area contributed by atoms with Crippen molar-refractivity contribution in [1.82, 2.24) is 34.3 Å². The molecule has 8 heteroatoms. The molecule has 1 aliphatic heterocycles. The largest absolute Gasteiger partial charge is 0.352 e. The second kappa shape index (κ2) is 8.46. The van der Waals surface area contributed by atoms with Gasteiger partial charge in [-0.2, -0.15) is 0 Å². The summed E-state index contributed by atoms with van der Waals surface area (Å²) in [5, 5.41) is 3.49. The second-order valence-electron chi connectivity index (χ2n) is 7.56. The van der Waals surface area contributed by atoms with Crippen molar-refractivity contribution in [3.8, 4) is 5.82 Å². The van der Waals surface area contributed by atoms with Crippen LogP contribution in [0.25, 0.3) is 5.82 Å². The normalized spacial score (nSPS) is 20.1. The van der Waals surface area contributed by atoms with Gasteiger partial charge in [0.25, 0.3) is 0 Å². The van der Waals surface area contributed by atoms with Gasteiger partial charge in [-0.25, -0.2) is 15.0 Å². The van der Waals surface area contributed by atoms with Crippen molar-refractivity contribution in [3.05, 3.63) is 60.8 Å². The number of rotatable bonds is 4. The predicted octanol–water partition coefficient (Wildman–Crippen LogP) is 2.43. The minimum Gasteiger partial charge on any atom is -0.352 e. The molecule has 152 valence electrons. The van der Waals surface area contributed by atoms with Gasteiger partial charge in [0.05, 0.1) is 12.4 Å². The van der Waals surface area contributed by atoms with Gasteiger partial charge in [0.2, 0.25) is 0 Å². The third-order valence-corrected chi connectivity index (χ3v) is 5.67. The Bertz CT molecular complexity index is 941. The van der Waals surface area contributed by atoms with Gasteiger partial charge in [0, 0.05) is 57.7 Å². The molecule has 1 aliphatic rings. The van der Waals surface area contributed by atoms with E-state index < -0.39 is 0 Å². The molecule has 0 spiro atoms. The lowest BCUT2D eigenvalue weighted by molar-refractivity contribution is 0.189. The standard InChI is InChI=1S/C21H28N8/c1-16-6-9-27(14-19(16)28-10-7-23-15-28)21(22-3)26-13-18-4-5-20(25-12-18)29-11-8-24-17(29)2/h4-5,7-8,10-12,15-16,19H,6,9,13-14H2,1-3H3,(H,22,26). The van der Waals surface area contributed by atoms with Crippen LogP contribution in [0.2, 0.25) is 0 Å². The zero-order valence-corrected chi connectivity index (χ0v) is 17.2. The minimum atomic E-state index is 0.407. The summed E-state index contributed by atoms with van der Waals surface area (Å²) in [6.07, 6.45) is 12.6. The Balaban J connectivity index is 1.39. The fourth-order valence-electron chi connectivity index (χ4n) is 3.89. The third kappa shape index (κ3) is 4.16. The molecule has 3 aromatic heterocycles. The van der Waals surface area contributed by atoms with Crippen molar-refractivity contribution >= 4 is 5.96 Å². The maximum Gasteiger partial charge on any atom is 0.193 e. The molecule has 4 rings (SSSR count). The molecular weight excluding hydrogens is 364 g/mol. The molecule has 8 nitrogen and oxygen atoms in total. The number of nitrogens with zero attached hydrogens (tertiary/aromatic N) is 7. The first kappa shape index (κ1) is 19.2. The summed E-state index contributed by atoms with van der Waals surface area (Å²) in [6, 6.07) is 4.52. The molecular formula is C21H28N8. The lowest BCUT2D eigenvalue weighted by atomic mass is 9.93. The van der Waals surface area contributed by atoms with Crippen LogP contribution in [0.5, 0.6) is 0 Å². The van der Waals surface area contributed by atoms with Gasteiger partial charge in [-0.15, -0.1) is 0 Å². The summed E-state index contributed by atoms with van der Waals surface area (Å²) >= 11 is 0. The van der Waals surface area contributed by atoms with Crippen LogP contribution >= 0.6 is 0 Å². The quantitative estimate of drug-likeness (QED) is 0.545. The number of likely N-dealkylation sites (tertiary alicyclic amines) is 1. The molecule has 1 fully saturated rings. The van der Waals surface area contributed by atoms with E-state index >= 15 is 0 Å². The van der Waals surface area contributed by atoms with Crippen molar-refractivity contribution in [2.24, 2.45) is 10.9 Å². The Morgan fingerprint density at radius 2 is 2.14 bits per heavy atom. The van der Waals surface area contributed by atoms with Crippen LogP contribution in [0.4, 0.5) is 0 Å². The van der Waals surface area contributed by atoms with Gasteiger partial charge in [0.15, 0.2) is 5.96 Å². The molecule has 29 heavy (non-hydrogen) atoms. The zero-order chi connectivity index (χ0) is 20.2. The lowest BCUT2D eigenvalue weighted by Gasteiger charge is -2.39. The highest BCUT2D eigenvalue weighted by molar-refractivity contribution is 5.80. The van der Waals surface area contributed by atoms with Gasteiger partial charge in [-0.1, -0.05) is 13.0 Å². The van der Waals surface area contributed by atoms with E-state index in [1.807, 2.05) is 49.5 Å². The molecule has 0 saturated carbocycles. The van der Waals surface area contributed by atoms with E-state index in [1.165, 1.54) is 0 Å². The molecule has 0 radical (unpaired) electrons. The van der Waals surface area contributed by atoms with E-state index in [-0.39, 0.29) is 0 Å². The van der Waals surface area contributed by atoms with Crippen LogP contribution in [0, 0.1) is 12.8 Å². The van der Waals surface area contributed by atoms with E-state index in [0.29, 0.717) is 18.5 Å². The van der Waals surface area contributed by atoms with Crippen LogP contribution in [0.1, 0.15) is 30.8 Å². The van der Waals surface area contributed by atoms with Crippen LogP contribution in [-0.4, -0.2) is 55.1 Å². The van der Waals surface area contributed by atoms with E-state index in [9.17, 15) is 0 Å². The molecule has 4 heterocycles. The summed E-state index contributed by atoms with van der Waals surface area (Å²) in [4.78, 5) is 19.9. The molecule has 2 atom stereocenters. The highest BCUT2D eigenvalue weighted by Gasteiger charge is 2.28. The van der Waals surface area contributed by atoms with Gasteiger partial charge in [-0.3, -0.25) is 9.56 Å². The van der Waals surface area contributed by atoms with Crippen molar-refractivity contribution in [2.75, 3.05) is 20.1 Å². The number of guanidine groups is 1. The van der Waals surface area contributed by atoms with E-state index in [2.05, 4.69) is 53.9 Å². The Kier molecular flexibility index (Phi) is 5.59. The van der Waals surface area contributed by atoms with Crippen LogP contribution in [0.3, 0.4) is 0 Å². The maximum absolute atomic E-state index is 4.57. The number of hydrogen-bond acceptors (Lipinski definition) is 4. The number of imidazole rings is 2. The number of pyridine rings is 1. The molecule has 1 saturated heterocycles. The highest BCUT2D eigenvalue weighted by atomic mass is 15.3. The van der Waals surface area contributed by atoms with Crippen LogP contribution < -0.4 is 5.32 Å². The van der Waals surface area contributed by atoms with Crippen molar-refractivity contribution < 1.29 is 0 Å². The summed E-state index contributed by atoms with van der Waals surface area (Å²) in [5.41, 5.74) is 1.12. The molecule has 0 amide bonds. The first-order valence-electron chi connectivity index (χ1n) is 10.0. The number of aliphatic imine (C=N–C) groups is 1. The van der Waals surface area contributed by atoms with Crippen molar-refractivity contribution in [2.45, 2.75) is 32.9 Å². The van der Waals surface area contributed by atoms with Crippen LogP contribution in [-0.2, 0) is 6.54 Å². The number of hydrogen-bond donors (Lipinski definition) is 1. The number of aryl methyl sites for hydroxylation is 1. The number of aromatic nitrogens is 5. The van der Waals surface area contributed by atoms with E-state index in [0.717, 1.165) is 42.7 Å². The summed E-state index contributed by atoms with van der Waals surface area (Å²) in [6.45, 7) is 6.90. The van der Waals surface area contributed by atoms with E-state index in [1.54, 1.807) is 6.20 Å². The Morgan fingerprint density at radius 1 is 1.24 bits per heavy atom. The average molecular weight is 393 g/mol. The second-order valence-corrected chi connectivity index (χ2v) is 7.56. The molecule has 2 unspecified atom stereocenters. The Labute approximate surface area is 171 Å². The SMILES string of the molecule is CN=C(NCc1ccc(-n2ccnc2C)nc1)N1CCC(C)C(n2ccnc2)C1. The fourth-order valence-corrected chi connectivity index (χ4v) is 3.89. The molecule has 0 bridgehead atoms. The maximum atomic E-state index is 4.57. The first-order valence-corrected chi connectivity index (χ1v) is 10.0. The highest BCUT2D eigenvalue weighted by Crippen LogP contribution is 2.27. The minimum absolute atomic E-state index is 0.407. The molecule has 0 aliphatic carbocycles. The molecule has 3 aromatic rings. The third-order valence-electron chi connectivity index (χ3n) is 5.67. The van der Waals surface area contributed by atoms with E-state index in [4.69, 9.17) is 0 Å². The Morgan fingerprint density at radius 3 is 2.79 bits per heavy atom. The topological polar surface area (TPSA) is 76.2 Å². The summed E-state index contributed by atoms with van der Waals surface area (Å²) < 4.78 is 4.19. The molecule has 0 aromatic carbocycles. The Hall–Kier alpha value is -3.16. The van der Waals surface area contributed by atoms with Gasteiger partial charge in [-0.05, 0) is 30.9 Å². The van der Waals surface area contributed by atoms with Crippen molar-refractivity contribution in [3.63, 3.8) is 0 Å². The lowest BCUT2D eigenvalue weighted by Crippen LogP contribution is -2.48. The fraction of sp³-hybridized carbons (Fsp3) is 0.429. The summed E-state index contributed by atoms with van der Waals surface area (Å²) in [5.74, 6) is 3.34. The van der Waals surface area contributed by atoms with Gasteiger partial charge < -0.3 is 14.8 Å². The van der Waals surface area contributed by atoms with Crippen LogP contribution in [0.15, 0.2) is 54.4 Å². The van der Waals surface area contributed by atoms with Crippen molar-refractivity contribution in [1.29, 1.82) is 0 Å². The monoisotopic (exact) mass is 392 g/mol. The summed E-state index contributed by atoms with van der Waals surface area (Å²) in [7, 11) is 1.84. The zero-order valence-electron chi connectivity index (χ0n) is 17.2. The smallest absolute Gasteiger partial charge is 0.193 e. The van der Waals surface area contributed by atoms with Gasteiger partial charge >= 0.3 is 0 Å². The predicted molar refractivity (Wildman–Crippen MR) is 113 cm³/mol. The number of nitrogens with one attached hydrogen (secondary N) is 1.